The van der Waals surface area contributed by atoms with Gasteiger partial charge in [0.15, 0.2) is 0 Å². The average Bonchev–Trinajstić information content (AvgIpc) is 2.67. The van der Waals surface area contributed by atoms with E-state index in [2.05, 4.69) is 0 Å². The first-order valence-corrected chi connectivity index (χ1v) is 8.38. The fourth-order valence-corrected chi connectivity index (χ4v) is 2.78. The smallest absolute Gasteiger partial charge is 0.488 e. The van der Waals surface area contributed by atoms with Crippen molar-refractivity contribution < 1.29 is 25.2 Å². The maximum Gasteiger partial charge on any atom is 0.488 e. The van der Waals surface area contributed by atoms with Gasteiger partial charge in [-0.25, -0.2) is 0 Å². The van der Waals surface area contributed by atoms with Crippen molar-refractivity contribution in [1.82, 2.24) is 0 Å². The standard InChI is InChI=1S/C10H9BO3.C10H9BO2/c12-10-4-2-7-5-9(11(13)14)3-1-8(7)6-10;12-11(13)10-6-5-8-3-1-2-4-9(8)7-10/h1-6,12-14H;1-7,12-13H. The van der Waals surface area contributed by atoms with Crippen LogP contribution in [0.4, 0.5) is 0 Å². The molecule has 0 aliphatic carbocycles. The normalized spacial score (nSPS) is 10.4. The summed E-state index contributed by atoms with van der Waals surface area (Å²) < 4.78 is 0. The number of phenolic OH excluding ortho intramolecular Hbond substituents is 1. The van der Waals surface area contributed by atoms with Crippen molar-refractivity contribution in [2.45, 2.75) is 0 Å². The van der Waals surface area contributed by atoms with E-state index in [1.54, 1.807) is 48.5 Å². The van der Waals surface area contributed by atoms with Gasteiger partial charge >= 0.3 is 14.2 Å². The summed E-state index contributed by atoms with van der Waals surface area (Å²) >= 11 is 0. The van der Waals surface area contributed by atoms with Crippen molar-refractivity contribution in [3.8, 4) is 5.75 Å². The largest absolute Gasteiger partial charge is 0.508 e. The maximum atomic E-state index is 9.21. The Labute approximate surface area is 157 Å². The van der Waals surface area contributed by atoms with Crippen molar-refractivity contribution in [2.24, 2.45) is 0 Å². The number of aromatic hydroxyl groups is 1. The second-order valence-corrected chi connectivity index (χ2v) is 6.14. The number of phenols is 1. The highest BCUT2D eigenvalue weighted by molar-refractivity contribution is 6.59. The van der Waals surface area contributed by atoms with Gasteiger partial charge in [-0.15, -0.1) is 0 Å². The first-order chi connectivity index (χ1) is 12.9. The Morgan fingerprint density at radius 3 is 1.52 bits per heavy atom. The van der Waals surface area contributed by atoms with Crippen LogP contribution in [-0.2, 0) is 0 Å². The van der Waals surface area contributed by atoms with Crippen LogP contribution in [0.3, 0.4) is 0 Å². The van der Waals surface area contributed by atoms with E-state index in [4.69, 9.17) is 20.1 Å². The van der Waals surface area contributed by atoms with Crippen molar-refractivity contribution in [3.63, 3.8) is 0 Å². The van der Waals surface area contributed by atoms with Gasteiger partial charge in [-0.1, -0.05) is 66.7 Å². The van der Waals surface area contributed by atoms with E-state index in [-0.39, 0.29) is 5.75 Å². The van der Waals surface area contributed by atoms with Gasteiger partial charge in [0, 0.05) is 0 Å². The van der Waals surface area contributed by atoms with E-state index >= 15 is 0 Å². The highest BCUT2D eigenvalue weighted by atomic mass is 16.4. The van der Waals surface area contributed by atoms with Crippen LogP contribution in [0, 0.1) is 0 Å². The predicted octanol–water partition coefficient (Wildman–Crippen LogP) is 0.745. The topological polar surface area (TPSA) is 101 Å². The van der Waals surface area contributed by atoms with Crippen molar-refractivity contribution in [2.75, 3.05) is 0 Å². The zero-order valence-electron chi connectivity index (χ0n) is 14.4. The molecular weight excluding hydrogens is 342 g/mol. The molecule has 0 atom stereocenters. The molecule has 0 unspecified atom stereocenters. The summed E-state index contributed by atoms with van der Waals surface area (Å²) in [6.45, 7) is 0. The zero-order chi connectivity index (χ0) is 19.4. The van der Waals surface area contributed by atoms with Crippen LogP contribution in [-0.4, -0.2) is 39.4 Å². The summed E-state index contributed by atoms with van der Waals surface area (Å²) in [5.41, 5.74) is 0.974. The van der Waals surface area contributed by atoms with Crippen LogP contribution < -0.4 is 10.9 Å². The third-order valence-corrected chi connectivity index (χ3v) is 4.22. The van der Waals surface area contributed by atoms with Crippen LogP contribution in [0.5, 0.6) is 5.75 Å². The molecule has 0 radical (unpaired) electrons. The molecule has 0 spiro atoms. The van der Waals surface area contributed by atoms with Gasteiger partial charge in [0.1, 0.15) is 5.75 Å². The Bertz CT molecular complexity index is 1070. The SMILES string of the molecule is OB(O)c1ccc2cc(O)ccc2c1.OB(O)c1ccc2ccccc2c1. The molecule has 0 aromatic heterocycles. The lowest BCUT2D eigenvalue weighted by Gasteiger charge is -2.02. The summed E-state index contributed by atoms with van der Waals surface area (Å²) in [6, 6.07) is 23.2. The van der Waals surface area contributed by atoms with E-state index in [1.165, 1.54) is 0 Å². The van der Waals surface area contributed by atoms with Gasteiger partial charge in [-0.3, -0.25) is 0 Å². The molecule has 0 saturated heterocycles. The molecule has 5 N–H and O–H groups in total. The number of benzene rings is 4. The quantitative estimate of drug-likeness (QED) is 0.340. The van der Waals surface area contributed by atoms with Gasteiger partial charge in [0.2, 0.25) is 0 Å². The summed E-state index contributed by atoms with van der Waals surface area (Å²) in [4.78, 5) is 0. The van der Waals surface area contributed by atoms with Crippen LogP contribution >= 0.6 is 0 Å². The van der Waals surface area contributed by atoms with Crippen LogP contribution in [0.2, 0.25) is 0 Å². The molecule has 0 amide bonds. The lowest BCUT2D eigenvalue weighted by molar-refractivity contribution is 0.424. The molecule has 0 saturated carbocycles. The summed E-state index contributed by atoms with van der Waals surface area (Å²) in [6.07, 6.45) is 0. The first-order valence-electron chi connectivity index (χ1n) is 8.38. The van der Waals surface area contributed by atoms with E-state index in [1.807, 2.05) is 30.3 Å². The molecule has 134 valence electrons. The van der Waals surface area contributed by atoms with Gasteiger partial charge in [0.05, 0.1) is 0 Å². The molecule has 7 heteroatoms. The lowest BCUT2D eigenvalue weighted by atomic mass is 9.79. The minimum atomic E-state index is -1.45. The van der Waals surface area contributed by atoms with E-state index in [0.29, 0.717) is 10.9 Å². The van der Waals surface area contributed by atoms with E-state index in [0.717, 1.165) is 21.5 Å². The fraction of sp³-hybridized carbons (Fsp3) is 0. The molecule has 0 fully saturated rings. The van der Waals surface area contributed by atoms with Gasteiger partial charge in [-0.05, 0) is 44.6 Å². The molecule has 0 aliphatic heterocycles. The maximum absolute atomic E-state index is 9.21. The molecule has 0 bridgehead atoms. The third kappa shape index (κ3) is 4.67. The van der Waals surface area contributed by atoms with Crippen LogP contribution in [0.25, 0.3) is 21.5 Å². The second-order valence-electron chi connectivity index (χ2n) is 6.14. The number of fused-ring (bicyclic) bond motifs is 2. The van der Waals surface area contributed by atoms with Crippen LogP contribution in [0.15, 0.2) is 78.9 Å². The summed E-state index contributed by atoms with van der Waals surface area (Å²) in [7, 11) is -2.84. The minimum Gasteiger partial charge on any atom is -0.508 e. The average molecular weight is 360 g/mol. The predicted molar refractivity (Wildman–Crippen MR) is 109 cm³/mol. The molecule has 4 aromatic carbocycles. The Morgan fingerprint density at radius 2 is 0.926 bits per heavy atom. The van der Waals surface area contributed by atoms with Crippen LogP contribution in [0.1, 0.15) is 0 Å². The third-order valence-electron chi connectivity index (χ3n) is 4.22. The first kappa shape index (κ1) is 18.9. The van der Waals surface area contributed by atoms with Crippen molar-refractivity contribution in [1.29, 1.82) is 0 Å². The van der Waals surface area contributed by atoms with Gasteiger partial charge < -0.3 is 25.2 Å². The van der Waals surface area contributed by atoms with Gasteiger partial charge in [0.25, 0.3) is 0 Å². The Hall–Kier alpha value is -2.83. The highest BCUT2D eigenvalue weighted by Crippen LogP contribution is 2.18. The second kappa shape index (κ2) is 8.24. The molecular formula is C20H18B2O5. The Kier molecular flexibility index (Phi) is 5.78. The fourth-order valence-electron chi connectivity index (χ4n) is 2.78. The monoisotopic (exact) mass is 360 g/mol. The highest BCUT2D eigenvalue weighted by Gasteiger charge is 2.11. The molecule has 5 nitrogen and oxygen atoms in total. The summed E-state index contributed by atoms with van der Waals surface area (Å²) in [5, 5.41) is 48.8. The molecule has 4 aromatic rings. The number of rotatable bonds is 2. The Balaban J connectivity index is 0.000000156. The lowest BCUT2D eigenvalue weighted by Crippen LogP contribution is -2.29. The molecule has 27 heavy (non-hydrogen) atoms. The van der Waals surface area contributed by atoms with E-state index in [9.17, 15) is 5.11 Å². The summed E-state index contributed by atoms with van der Waals surface area (Å²) in [5.74, 6) is 0.204. The van der Waals surface area contributed by atoms with Crippen molar-refractivity contribution >= 4 is 46.7 Å². The number of hydrogen-bond acceptors (Lipinski definition) is 5. The zero-order valence-corrected chi connectivity index (χ0v) is 14.4. The Morgan fingerprint density at radius 1 is 0.481 bits per heavy atom. The van der Waals surface area contributed by atoms with Gasteiger partial charge in [-0.2, -0.15) is 0 Å². The number of hydrogen-bond donors (Lipinski definition) is 5. The van der Waals surface area contributed by atoms with E-state index < -0.39 is 14.2 Å². The van der Waals surface area contributed by atoms with Crippen molar-refractivity contribution in [3.05, 3.63) is 78.9 Å². The minimum absolute atomic E-state index is 0.204. The molecule has 4 rings (SSSR count). The molecule has 0 aliphatic rings. The molecule has 0 heterocycles.